The van der Waals surface area contributed by atoms with Crippen molar-refractivity contribution in [3.05, 3.63) is 0 Å². The minimum atomic E-state index is -0.687. The number of aliphatic hydroxyl groups is 4. The van der Waals surface area contributed by atoms with E-state index in [-0.39, 0.29) is 31.0 Å². The molecule has 0 bridgehead atoms. The maximum atomic E-state index is 12.5. The molecule has 0 saturated carbocycles. The van der Waals surface area contributed by atoms with Crippen molar-refractivity contribution in [2.24, 2.45) is 23.7 Å². The second-order valence-corrected chi connectivity index (χ2v) is 14.3. The van der Waals surface area contributed by atoms with Crippen LogP contribution in [-0.2, 0) is 19.1 Å². The van der Waals surface area contributed by atoms with E-state index in [1.165, 1.54) is 7.11 Å². The van der Waals surface area contributed by atoms with Crippen LogP contribution in [0.2, 0.25) is 0 Å². The van der Waals surface area contributed by atoms with Gasteiger partial charge in [0, 0.05) is 26.3 Å². The average Bonchev–Trinajstić information content (AvgIpc) is 3.03. The first kappa shape index (κ1) is 45.0. The topological polar surface area (TPSA) is 175 Å². The van der Waals surface area contributed by atoms with Crippen LogP contribution in [-0.4, -0.2) is 89.6 Å². The van der Waals surface area contributed by atoms with Gasteiger partial charge in [0.15, 0.2) is 0 Å². The van der Waals surface area contributed by atoms with Crippen molar-refractivity contribution in [1.29, 1.82) is 0 Å². The summed E-state index contributed by atoms with van der Waals surface area (Å²) in [5.41, 5.74) is -0.518. The van der Waals surface area contributed by atoms with Gasteiger partial charge in [-0.05, 0) is 90.9 Å². The third-order valence-electron chi connectivity index (χ3n) is 8.93. The van der Waals surface area contributed by atoms with Gasteiger partial charge in [-0.3, -0.25) is 9.59 Å². The van der Waals surface area contributed by atoms with Crippen LogP contribution in [0, 0.1) is 23.7 Å². The van der Waals surface area contributed by atoms with Gasteiger partial charge in [0.05, 0.1) is 31.2 Å². The zero-order chi connectivity index (χ0) is 35.7. The predicted molar refractivity (Wildman–Crippen MR) is 185 cm³/mol. The number of methoxy groups -OCH3 is 1. The van der Waals surface area contributed by atoms with Gasteiger partial charge in [0.25, 0.3) is 0 Å². The fourth-order valence-electron chi connectivity index (χ4n) is 5.61. The largest absolute Gasteiger partial charge is 0.469 e. The molecular formula is C36H70N2O9. The number of nitrogens with one attached hydrogen (secondary N) is 2. The van der Waals surface area contributed by atoms with E-state index < -0.39 is 41.7 Å². The van der Waals surface area contributed by atoms with Gasteiger partial charge in [-0.25, -0.2) is 4.79 Å². The number of rotatable bonds is 28. The van der Waals surface area contributed by atoms with Crippen LogP contribution in [0.25, 0.3) is 0 Å². The van der Waals surface area contributed by atoms with Crippen molar-refractivity contribution < 1.29 is 44.3 Å². The molecule has 278 valence electrons. The zero-order valence-electron chi connectivity index (χ0n) is 30.4. The number of amides is 2. The molecule has 0 spiro atoms. The molecule has 0 aromatic carbocycles. The highest BCUT2D eigenvalue weighted by Gasteiger charge is 2.23. The number of alkyl carbamates (subject to hydrolysis) is 1. The van der Waals surface area contributed by atoms with Crippen molar-refractivity contribution in [3.8, 4) is 0 Å². The highest BCUT2D eigenvalue weighted by Crippen LogP contribution is 2.20. The first-order chi connectivity index (χ1) is 22.2. The Morgan fingerprint density at radius 2 is 1.02 bits per heavy atom. The first-order valence-electron chi connectivity index (χ1n) is 18.2. The van der Waals surface area contributed by atoms with Crippen molar-refractivity contribution in [2.45, 2.75) is 155 Å². The van der Waals surface area contributed by atoms with E-state index in [0.29, 0.717) is 25.9 Å². The maximum absolute atomic E-state index is 12.5. The molecule has 47 heavy (non-hydrogen) atoms. The smallest absolute Gasteiger partial charge is 0.407 e. The Balaban J connectivity index is 3.95. The lowest BCUT2D eigenvalue weighted by atomic mass is 9.94. The molecule has 0 aliphatic heterocycles. The van der Waals surface area contributed by atoms with E-state index in [1.54, 1.807) is 13.8 Å². The summed E-state index contributed by atoms with van der Waals surface area (Å²) in [5.74, 6) is -1.14. The van der Waals surface area contributed by atoms with Gasteiger partial charge < -0.3 is 40.5 Å². The monoisotopic (exact) mass is 675 g/mol. The van der Waals surface area contributed by atoms with E-state index in [2.05, 4.69) is 15.4 Å². The number of carbonyl (C=O) groups excluding carboxylic acids is 3. The van der Waals surface area contributed by atoms with Gasteiger partial charge >= 0.3 is 12.1 Å². The van der Waals surface area contributed by atoms with Gasteiger partial charge in [-0.1, -0.05) is 58.3 Å². The summed E-state index contributed by atoms with van der Waals surface area (Å²) in [6.07, 6.45) is 12.0. The fraction of sp³-hybridized carbons (Fsp3) is 0.917. The molecule has 0 aromatic rings. The zero-order valence-corrected chi connectivity index (χ0v) is 30.4. The van der Waals surface area contributed by atoms with Crippen LogP contribution in [0.3, 0.4) is 0 Å². The summed E-state index contributed by atoms with van der Waals surface area (Å²) in [5, 5.41) is 45.7. The Hall–Kier alpha value is -1.95. The van der Waals surface area contributed by atoms with Gasteiger partial charge in [0.1, 0.15) is 5.60 Å². The fourth-order valence-corrected chi connectivity index (χ4v) is 5.61. The van der Waals surface area contributed by atoms with E-state index in [0.717, 1.165) is 89.9 Å². The predicted octanol–water partition coefficient (Wildman–Crippen LogP) is 5.25. The second-order valence-electron chi connectivity index (χ2n) is 14.3. The minimum absolute atomic E-state index is 0.117. The normalized spacial score (nSPS) is 15.6. The molecule has 6 unspecified atom stereocenters. The number of ether oxygens (including phenoxy) is 2. The van der Waals surface area contributed by atoms with Crippen LogP contribution in [0.5, 0.6) is 0 Å². The number of aliphatic hydroxyl groups excluding tert-OH is 4. The molecule has 6 N–H and O–H groups in total. The number of hydrogen-bond donors (Lipinski definition) is 6. The summed E-state index contributed by atoms with van der Waals surface area (Å²) in [4.78, 5) is 35.8. The highest BCUT2D eigenvalue weighted by molar-refractivity contribution is 5.78. The summed E-state index contributed by atoms with van der Waals surface area (Å²) >= 11 is 0. The molecule has 0 heterocycles. The van der Waals surface area contributed by atoms with E-state index >= 15 is 0 Å². The molecule has 2 amide bonds. The first-order valence-corrected chi connectivity index (χ1v) is 18.2. The van der Waals surface area contributed by atoms with Gasteiger partial charge in [0.2, 0.25) is 5.91 Å². The Labute approximate surface area is 285 Å². The quantitative estimate of drug-likeness (QED) is 0.0478. The molecule has 0 aliphatic rings. The third kappa shape index (κ3) is 23.9. The van der Waals surface area contributed by atoms with Crippen LogP contribution < -0.4 is 10.6 Å². The lowest BCUT2D eigenvalue weighted by Crippen LogP contribution is -2.36. The summed E-state index contributed by atoms with van der Waals surface area (Å²) in [6.45, 7) is 10.2. The maximum Gasteiger partial charge on any atom is 0.407 e. The Morgan fingerprint density at radius 1 is 0.617 bits per heavy atom. The van der Waals surface area contributed by atoms with Crippen LogP contribution in [0.4, 0.5) is 4.79 Å². The average molecular weight is 675 g/mol. The van der Waals surface area contributed by atoms with E-state index in [1.807, 2.05) is 20.8 Å². The standard InChI is InChI=1S/C36H70N2O9/c1-27(31(41)21-13-9-7-11-18-30(26-40)20-16-24-38-35(45)47-36(3,4)5)33(43)37-23-15-19-29(25-39)17-12-8-10-14-22-32(42)28(2)34(44)46-6/h27-32,39-42H,7-26H2,1-6H3,(H,37,43)(H,38,45). The van der Waals surface area contributed by atoms with Gasteiger partial charge in [-0.2, -0.15) is 0 Å². The molecule has 0 radical (unpaired) electrons. The van der Waals surface area contributed by atoms with Crippen molar-refractivity contribution in [2.75, 3.05) is 33.4 Å². The second kappa shape index (κ2) is 26.9. The van der Waals surface area contributed by atoms with Crippen molar-refractivity contribution >= 4 is 18.0 Å². The molecule has 0 aromatic heterocycles. The van der Waals surface area contributed by atoms with Crippen molar-refractivity contribution in [3.63, 3.8) is 0 Å². The Bertz CT molecular complexity index is 821. The number of esters is 1. The van der Waals surface area contributed by atoms with Crippen LogP contribution in [0.15, 0.2) is 0 Å². The lowest BCUT2D eigenvalue weighted by molar-refractivity contribution is -0.148. The molecule has 0 fully saturated rings. The summed E-state index contributed by atoms with van der Waals surface area (Å²) in [6, 6.07) is 0. The summed E-state index contributed by atoms with van der Waals surface area (Å²) in [7, 11) is 1.33. The Morgan fingerprint density at radius 3 is 1.45 bits per heavy atom. The van der Waals surface area contributed by atoms with Crippen molar-refractivity contribution in [1.82, 2.24) is 10.6 Å². The van der Waals surface area contributed by atoms with E-state index in [4.69, 9.17) is 4.74 Å². The SMILES string of the molecule is COC(=O)C(C)C(O)CCCCCCC(CO)CCCNC(=O)C(C)C(O)CCCCCCC(CO)CCCNC(=O)OC(C)(C)C. The summed E-state index contributed by atoms with van der Waals surface area (Å²) < 4.78 is 9.90. The molecule has 6 atom stereocenters. The number of hydrogen-bond acceptors (Lipinski definition) is 9. The van der Waals surface area contributed by atoms with Crippen LogP contribution >= 0.6 is 0 Å². The number of unbranched alkanes of at least 4 members (excludes halogenated alkanes) is 6. The van der Waals surface area contributed by atoms with Crippen LogP contribution in [0.1, 0.15) is 137 Å². The molecule has 0 saturated heterocycles. The lowest BCUT2D eigenvalue weighted by Gasteiger charge is -2.20. The Kier molecular flexibility index (Phi) is 25.8. The molecule has 0 rings (SSSR count). The molecular weight excluding hydrogens is 604 g/mol. The van der Waals surface area contributed by atoms with E-state index in [9.17, 15) is 34.8 Å². The molecule has 11 heteroatoms. The third-order valence-corrected chi connectivity index (χ3v) is 8.93. The number of carbonyl (C=O) groups is 3. The highest BCUT2D eigenvalue weighted by atomic mass is 16.6. The molecule has 11 nitrogen and oxygen atoms in total. The van der Waals surface area contributed by atoms with Gasteiger partial charge in [-0.15, -0.1) is 0 Å². The molecule has 0 aliphatic carbocycles. The minimum Gasteiger partial charge on any atom is -0.469 e.